The number of likely N-dealkylation sites (tertiary alicyclic amines) is 1. The van der Waals surface area contributed by atoms with Gasteiger partial charge in [-0.25, -0.2) is 0 Å². The lowest BCUT2D eigenvalue weighted by atomic mass is 10.1. The van der Waals surface area contributed by atoms with Crippen LogP contribution in [-0.4, -0.2) is 50.3 Å². The number of thioether (sulfide) groups is 1. The molecule has 7 nitrogen and oxygen atoms in total. The van der Waals surface area contributed by atoms with Crippen molar-refractivity contribution in [1.29, 1.82) is 0 Å². The van der Waals surface area contributed by atoms with Gasteiger partial charge in [0, 0.05) is 25.2 Å². The van der Waals surface area contributed by atoms with E-state index in [-0.39, 0.29) is 17.6 Å². The van der Waals surface area contributed by atoms with Crippen LogP contribution >= 0.6 is 11.8 Å². The first-order chi connectivity index (χ1) is 15.9. The summed E-state index contributed by atoms with van der Waals surface area (Å²) in [6.07, 6.45) is 2.13. The number of benzene rings is 2. The van der Waals surface area contributed by atoms with Gasteiger partial charge >= 0.3 is 0 Å². The molecular formula is C25H29N5O2S. The molecule has 1 aromatic heterocycles. The second kappa shape index (κ2) is 10.2. The number of amides is 2. The summed E-state index contributed by atoms with van der Waals surface area (Å²) < 4.78 is 1.99. The maximum atomic E-state index is 12.6. The van der Waals surface area contributed by atoms with Gasteiger partial charge in [-0.2, -0.15) is 0 Å². The number of carbonyl (C=O) groups is 2. The Morgan fingerprint density at radius 1 is 1.03 bits per heavy atom. The first-order valence-corrected chi connectivity index (χ1v) is 12.2. The van der Waals surface area contributed by atoms with Crippen LogP contribution in [0.2, 0.25) is 0 Å². The molecule has 1 N–H and O–H groups in total. The lowest BCUT2D eigenvalue weighted by molar-refractivity contribution is -0.118. The van der Waals surface area contributed by atoms with E-state index in [0.29, 0.717) is 17.3 Å². The molecule has 2 amide bonds. The Kier molecular flexibility index (Phi) is 7.13. The molecule has 0 unspecified atom stereocenters. The fourth-order valence-electron chi connectivity index (χ4n) is 3.97. The number of nitrogens with zero attached hydrogens (tertiary/aromatic N) is 4. The van der Waals surface area contributed by atoms with Crippen molar-refractivity contribution < 1.29 is 9.59 Å². The Labute approximate surface area is 198 Å². The predicted molar refractivity (Wildman–Crippen MR) is 130 cm³/mol. The number of nitrogens with one attached hydrogen (secondary N) is 1. The number of hydrogen-bond donors (Lipinski definition) is 1. The van der Waals surface area contributed by atoms with E-state index in [1.807, 2.05) is 40.7 Å². The molecule has 172 valence electrons. The predicted octanol–water partition coefficient (Wildman–Crippen LogP) is 3.84. The van der Waals surface area contributed by atoms with Gasteiger partial charge < -0.3 is 10.2 Å². The van der Waals surface area contributed by atoms with Gasteiger partial charge in [0.1, 0.15) is 5.82 Å². The zero-order valence-electron chi connectivity index (χ0n) is 19.3. The summed E-state index contributed by atoms with van der Waals surface area (Å²) in [5, 5.41) is 12.1. The molecule has 0 aliphatic carbocycles. The van der Waals surface area contributed by atoms with Crippen LogP contribution < -0.4 is 5.32 Å². The summed E-state index contributed by atoms with van der Waals surface area (Å²) in [6, 6.07) is 13.8. The third-order valence-corrected chi connectivity index (χ3v) is 6.72. The molecular weight excluding hydrogens is 434 g/mol. The smallest absolute Gasteiger partial charge is 0.253 e. The van der Waals surface area contributed by atoms with Gasteiger partial charge in [-0.15, -0.1) is 10.2 Å². The number of rotatable bonds is 7. The summed E-state index contributed by atoms with van der Waals surface area (Å²) >= 11 is 1.36. The summed E-state index contributed by atoms with van der Waals surface area (Å²) in [7, 11) is 0. The zero-order chi connectivity index (χ0) is 23.4. The second-order valence-corrected chi connectivity index (χ2v) is 9.36. The van der Waals surface area contributed by atoms with Crippen LogP contribution in [0.3, 0.4) is 0 Å². The highest BCUT2D eigenvalue weighted by Gasteiger charge is 2.19. The van der Waals surface area contributed by atoms with E-state index in [0.717, 1.165) is 54.1 Å². The molecule has 1 aliphatic heterocycles. The first kappa shape index (κ1) is 23.0. The number of hydrogen-bond acceptors (Lipinski definition) is 5. The standard InChI is InChI=1S/C25H29N5O2S/c1-17-9-10-18(2)22(13-17)30-19(3)27-28-25(30)33-16-23(31)26-15-20-7-6-8-21(14-20)24(32)29-11-4-5-12-29/h6-10,13-14H,4-5,11-12,15-16H2,1-3H3,(H,26,31). The normalized spacial score (nSPS) is 13.4. The number of aryl methyl sites for hydroxylation is 3. The number of carbonyl (C=O) groups excluding carboxylic acids is 2. The average Bonchev–Trinajstić information content (AvgIpc) is 3.48. The molecule has 0 radical (unpaired) electrons. The molecule has 0 spiro atoms. The zero-order valence-corrected chi connectivity index (χ0v) is 20.1. The minimum Gasteiger partial charge on any atom is -0.351 e. The van der Waals surface area contributed by atoms with Crippen LogP contribution in [0.1, 0.15) is 45.7 Å². The van der Waals surface area contributed by atoms with E-state index >= 15 is 0 Å². The largest absolute Gasteiger partial charge is 0.351 e. The Balaban J connectivity index is 1.36. The second-order valence-electron chi connectivity index (χ2n) is 8.42. The molecule has 8 heteroatoms. The monoisotopic (exact) mass is 463 g/mol. The van der Waals surface area contributed by atoms with Crippen molar-refractivity contribution in [2.45, 2.75) is 45.3 Å². The molecule has 33 heavy (non-hydrogen) atoms. The van der Waals surface area contributed by atoms with Gasteiger partial charge in [0.25, 0.3) is 5.91 Å². The third kappa shape index (κ3) is 5.45. The molecule has 0 bridgehead atoms. The van der Waals surface area contributed by atoms with Crippen LogP contribution in [-0.2, 0) is 11.3 Å². The third-order valence-electron chi connectivity index (χ3n) is 5.79. The Morgan fingerprint density at radius 3 is 2.61 bits per heavy atom. The molecule has 1 aliphatic rings. The molecule has 1 fully saturated rings. The van der Waals surface area contributed by atoms with E-state index < -0.39 is 0 Å². The molecule has 0 atom stereocenters. The SMILES string of the molecule is Cc1ccc(C)c(-n2c(C)nnc2SCC(=O)NCc2cccc(C(=O)N3CCCC3)c2)c1. The van der Waals surface area contributed by atoms with Crippen molar-refractivity contribution in [3.05, 3.63) is 70.5 Å². The van der Waals surface area contributed by atoms with Gasteiger partial charge in [-0.1, -0.05) is 36.0 Å². The Morgan fingerprint density at radius 2 is 1.82 bits per heavy atom. The van der Waals surface area contributed by atoms with Gasteiger partial charge in [0.15, 0.2) is 5.16 Å². The van der Waals surface area contributed by atoms with Crippen molar-refractivity contribution in [3.8, 4) is 5.69 Å². The van der Waals surface area contributed by atoms with Crippen LogP contribution in [0.5, 0.6) is 0 Å². The molecule has 1 saturated heterocycles. The highest BCUT2D eigenvalue weighted by Crippen LogP contribution is 2.25. The molecule has 2 heterocycles. The summed E-state index contributed by atoms with van der Waals surface area (Å²) in [5.41, 5.74) is 4.89. The molecule has 4 rings (SSSR count). The van der Waals surface area contributed by atoms with E-state index in [2.05, 4.69) is 47.6 Å². The highest BCUT2D eigenvalue weighted by molar-refractivity contribution is 7.99. The average molecular weight is 464 g/mol. The van der Waals surface area contributed by atoms with E-state index in [4.69, 9.17) is 0 Å². The van der Waals surface area contributed by atoms with Crippen LogP contribution in [0.25, 0.3) is 5.69 Å². The summed E-state index contributed by atoms with van der Waals surface area (Å²) in [4.78, 5) is 27.0. The maximum absolute atomic E-state index is 12.6. The highest BCUT2D eigenvalue weighted by atomic mass is 32.2. The van der Waals surface area contributed by atoms with Crippen molar-refractivity contribution >= 4 is 23.6 Å². The Hall–Kier alpha value is -3.13. The minimum atomic E-state index is -0.0931. The van der Waals surface area contributed by atoms with Crippen molar-refractivity contribution in [2.24, 2.45) is 0 Å². The summed E-state index contributed by atoms with van der Waals surface area (Å²) in [6.45, 7) is 8.04. The van der Waals surface area contributed by atoms with Gasteiger partial charge in [0.2, 0.25) is 5.91 Å². The topological polar surface area (TPSA) is 80.1 Å². The fourth-order valence-corrected chi connectivity index (χ4v) is 4.79. The Bertz CT molecular complexity index is 1170. The molecule has 2 aromatic carbocycles. The van der Waals surface area contributed by atoms with Gasteiger partial charge in [-0.05, 0) is 68.5 Å². The van der Waals surface area contributed by atoms with Gasteiger partial charge in [-0.3, -0.25) is 14.2 Å². The lowest BCUT2D eigenvalue weighted by Crippen LogP contribution is -2.28. The lowest BCUT2D eigenvalue weighted by Gasteiger charge is -2.15. The minimum absolute atomic E-state index is 0.0670. The van der Waals surface area contributed by atoms with Crippen LogP contribution in [0, 0.1) is 20.8 Å². The van der Waals surface area contributed by atoms with Crippen LogP contribution in [0.4, 0.5) is 0 Å². The van der Waals surface area contributed by atoms with E-state index in [1.54, 1.807) is 0 Å². The first-order valence-electron chi connectivity index (χ1n) is 11.2. The fraction of sp³-hybridized carbons (Fsp3) is 0.360. The van der Waals surface area contributed by atoms with Crippen LogP contribution in [0.15, 0.2) is 47.6 Å². The van der Waals surface area contributed by atoms with Crippen molar-refractivity contribution in [3.63, 3.8) is 0 Å². The van der Waals surface area contributed by atoms with Crippen molar-refractivity contribution in [1.82, 2.24) is 25.0 Å². The summed E-state index contributed by atoms with van der Waals surface area (Å²) in [5.74, 6) is 0.989. The van der Waals surface area contributed by atoms with E-state index in [1.165, 1.54) is 11.8 Å². The van der Waals surface area contributed by atoms with E-state index in [9.17, 15) is 9.59 Å². The van der Waals surface area contributed by atoms with Crippen molar-refractivity contribution in [2.75, 3.05) is 18.8 Å². The van der Waals surface area contributed by atoms with Gasteiger partial charge in [0.05, 0.1) is 11.4 Å². The maximum Gasteiger partial charge on any atom is 0.253 e. The molecule has 0 saturated carbocycles. The quantitative estimate of drug-likeness (QED) is 0.539. The number of aromatic nitrogens is 3. The molecule has 3 aromatic rings.